The van der Waals surface area contributed by atoms with Gasteiger partial charge in [-0.3, -0.25) is 4.79 Å². The van der Waals surface area contributed by atoms with E-state index in [-0.39, 0.29) is 11.8 Å². The Bertz CT molecular complexity index is 808. The monoisotopic (exact) mass is 292 g/mol. The SMILES string of the molecule is CC(C)(C(=O)Oc1nncc2ccccc12)c1ccccc1. The predicted octanol–water partition coefficient (Wildman–Crippen LogP) is 3.51. The minimum atomic E-state index is -0.764. The zero-order valence-electron chi connectivity index (χ0n) is 12.5. The second-order valence-corrected chi connectivity index (χ2v) is 5.62. The summed E-state index contributed by atoms with van der Waals surface area (Å²) in [7, 11) is 0. The number of rotatable bonds is 3. The second kappa shape index (κ2) is 5.56. The van der Waals surface area contributed by atoms with E-state index in [1.807, 2.05) is 68.4 Å². The van der Waals surface area contributed by atoms with Crippen molar-refractivity contribution in [2.24, 2.45) is 0 Å². The Kier molecular flexibility index (Phi) is 3.59. The van der Waals surface area contributed by atoms with E-state index in [2.05, 4.69) is 10.2 Å². The molecule has 110 valence electrons. The molecule has 3 rings (SSSR count). The van der Waals surface area contributed by atoms with E-state index in [0.29, 0.717) is 0 Å². The lowest BCUT2D eigenvalue weighted by Gasteiger charge is -2.22. The largest absolute Gasteiger partial charge is 0.404 e. The first kappa shape index (κ1) is 14.2. The lowest BCUT2D eigenvalue weighted by Crippen LogP contribution is -2.33. The summed E-state index contributed by atoms with van der Waals surface area (Å²) in [5, 5.41) is 9.51. The molecule has 0 saturated heterocycles. The average molecular weight is 292 g/mol. The molecular formula is C18H16N2O2. The van der Waals surface area contributed by atoms with Gasteiger partial charge in [-0.05, 0) is 25.5 Å². The van der Waals surface area contributed by atoms with Crippen molar-refractivity contribution in [2.75, 3.05) is 0 Å². The number of nitrogens with zero attached hydrogens (tertiary/aromatic N) is 2. The van der Waals surface area contributed by atoms with Crippen LogP contribution in [0.4, 0.5) is 0 Å². The van der Waals surface area contributed by atoms with Crippen LogP contribution in [0.2, 0.25) is 0 Å². The molecule has 0 spiro atoms. The highest BCUT2D eigenvalue weighted by molar-refractivity contribution is 5.90. The highest BCUT2D eigenvalue weighted by Crippen LogP contribution is 2.27. The van der Waals surface area contributed by atoms with Crippen LogP contribution in [-0.4, -0.2) is 16.2 Å². The van der Waals surface area contributed by atoms with Gasteiger partial charge in [0.1, 0.15) is 0 Å². The van der Waals surface area contributed by atoms with Gasteiger partial charge in [-0.2, -0.15) is 5.10 Å². The molecule has 0 fully saturated rings. The van der Waals surface area contributed by atoms with E-state index in [0.717, 1.165) is 16.3 Å². The van der Waals surface area contributed by atoms with E-state index in [4.69, 9.17) is 4.74 Å². The molecule has 0 radical (unpaired) electrons. The number of carbonyl (C=O) groups excluding carboxylic acids is 1. The zero-order chi connectivity index (χ0) is 15.6. The topological polar surface area (TPSA) is 52.1 Å². The van der Waals surface area contributed by atoms with Crippen molar-refractivity contribution in [1.82, 2.24) is 10.2 Å². The number of aromatic nitrogens is 2. The average Bonchev–Trinajstić information content (AvgIpc) is 2.56. The summed E-state index contributed by atoms with van der Waals surface area (Å²) in [4.78, 5) is 12.6. The number of hydrogen-bond acceptors (Lipinski definition) is 4. The van der Waals surface area contributed by atoms with Crippen molar-refractivity contribution in [3.8, 4) is 5.88 Å². The van der Waals surface area contributed by atoms with Crippen LogP contribution in [0.15, 0.2) is 60.8 Å². The normalized spacial score (nSPS) is 11.4. The van der Waals surface area contributed by atoms with Gasteiger partial charge in [0.2, 0.25) is 5.88 Å². The Morgan fingerprint density at radius 2 is 1.68 bits per heavy atom. The Balaban J connectivity index is 1.93. The highest BCUT2D eigenvalue weighted by atomic mass is 16.5. The molecule has 2 aromatic carbocycles. The molecular weight excluding hydrogens is 276 g/mol. The summed E-state index contributed by atoms with van der Waals surface area (Å²) in [6.45, 7) is 3.67. The summed E-state index contributed by atoms with van der Waals surface area (Å²) < 4.78 is 5.53. The van der Waals surface area contributed by atoms with Gasteiger partial charge in [-0.25, -0.2) is 0 Å². The molecule has 0 bridgehead atoms. The molecule has 0 aliphatic heterocycles. The van der Waals surface area contributed by atoms with Crippen LogP contribution in [0.3, 0.4) is 0 Å². The standard InChI is InChI=1S/C18H16N2O2/c1-18(2,14-9-4-3-5-10-14)17(21)22-16-15-11-7-6-8-13(15)12-19-20-16/h3-12H,1-2H3. The molecule has 1 heterocycles. The van der Waals surface area contributed by atoms with Gasteiger partial charge < -0.3 is 4.74 Å². The van der Waals surface area contributed by atoms with Gasteiger partial charge in [-0.15, -0.1) is 5.10 Å². The van der Waals surface area contributed by atoms with E-state index in [1.165, 1.54) is 0 Å². The van der Waals surface area contributed by atoms with Crippen LogP contribution in [0, 0.1) is 0 Å². The maximum absolute atomic E-state index is 12.6. The predicted molar refractivity (Wildman–Crippen MR) is 84.6 cm³/mol. The summed E-state index contributed by atoms with van der Waals surface area (Å²) in [6, 6.07) is 17.1. The molecule has 0 atom stereocenters. The molecule has 0 unspecified atom stereocenters. The van der Waals surface area contributed by atoms with E-state index in [9.17, 15) is 4.79 Å². The van der Waals surface area contributed by atoms with Gasteiger partial charge >= 0.3 is 5.97 Å². The first-order valence-corrected chi connectivity index (χ1v) is 7.07. The number of fused-ring (bicyclic) bond motifs is 1. The quantitative estimate of drug-likeness (QED) is 0.693. The second-order valence-electron chi connectivity index (χ2n) is 5.62. The highest BCUT2D eigenvalue weighted by Gasteiger charge is 2.32. The van der Waals surface area contributed by atoms with E-state index in [1.54, 1.807) is 6.20 Å². The number of ether oxygens (including phenoxy) is 1. The maximum Gasteiger partial charge on any atom is 0.322 e. The summed E-state index contributed by atoms with van der Waals surface area (Å²) >= 11 is 0. The number of carbonyl (C=O) groups is 1. The van der Waals surface area contributed by atoms with Crippen LogP contribution >= 0.6 is 0 Å². The Labute approximate surface area is 128 Å². The Hall–Kier alpha value is -2.75. The van der Waals surface area contributed by atoms with Crippen molar-refractivity contribution in [2.45, 2.75) is 19.3 Å². The first-order chi connectivity index (χ1) is 10.6. The van der Waals surface area contributed by atoms with Gasteiger partial charge in [-0.1, -0.05) is 48.5 Å². The molecule has 0 aliphatic rings. The molecule has 22 heavy (non-hydrogen) atoms. The van der Waals surface area contributed by atoms with Crippen LogP contribution < -0.4 is 4.74 Å². The first-order valence-electron chi connectivity index (χ1n) is 7.07. The van der Waals surface area contributed by atoms with Gasteiger partial charge in [0.25, 0.3) is 0 Å². The summed E-state index contributed by atoms with van der Waals surface area (Å²) in [5.74, 6) is -0.114. The molecule has 1 aromatic heterocycles. The molecule has 4 nitrogen and oxygen atoms in total. The third-order valence-electron chi connectivity index (χ3n) is 3.73. The van der Waals surface area contributed by atoms with Gasteiger partial charge in [0, 0.05) is 10.8 Å². The van der Waals surface area contributed by atoms with Crippen LogP contribution in [0.5, 0.6) is 5.88 Å². The molecule has 0 N–H and O–H groups in total. The van der Waals surface area contributed by atoms with Crippen molar-refractivity contribution in [1.29, 1.82) is 0 Å². The van der Waals surface area contributed by atoms with Crippen LogP contribution in [0.1, 0.15) is 19.4 Å². The van der Waals surface area contributed by atoms with Crippen LogP contribution in [-0.2, 0) is 10.2 Å². The molecule has 3 aromatic rings. The van der Waals surface area contributed by atoms with Crippen LogP contribution in [0.25, 0.3) is 10.8 Å². The minimum Gasteiger partial charge on any atom is -0.404 e. The lowest BCUT2D eigenvalue weighted by molar-refractivity contribution is -0.139. The van der Waals surface area contributed by atoms with Crippen molar-refractivity contribution < 1.29 is 9.53 Å². The summed E-state index contributed by atoms with van der Waals surface area (Å²) in [6.07, 6.45) is 1.65. The fourth-order valence-corrected chi connectivity index (χ4v) is 2.27. The molecule has 4 heteroatoms. The smallest absolute Gasteiger partial charge is 0.322 e. The van der Waals surface area contributed by atoms with Crippen molar-refractivity contribution in [3.63, 3.8) is 0 Å². The third kappa shape index (κ3) is 2.55. The fourth-order valence-electron chi connectivity index (χ4n) is 2.27. The lowest BCUT2D eigenvalue weighted by atomic mass is 9.85. The Morgan fingerprint density at radius 1 is 1.00 bits per heavy atom. The fraction of sp³-hybridized carbons (Fsp3) is 0.167. The molecule has 0 saturated carbocycles. The third-order valence-corrected chi connectivity index (χ3v) is 3.73. The van der Waals surface area contributed by atoms with Crippen molar-refractivity contribution in [3.05, 3.63) is 66.4 Å². The number of esters is 1. The van der Waals surface area contributed by atoms with Gasteiger partial charge in [0.15, 0.2) is 0 Å². The zero-order valence-corrected chi connectivity index (χ0v) is 12.5. The maximum atomic E-state index is 12.6. The minimum absolute atomic E-state index is 0.243. The molecule has 0 amide bonds. The van der Waals surface area contributed by atoms with Crippen molar-refractivity contribution >= 4 is 16.7 Å². The Morgan fingerprint density at radius 3 is 2.45 bits per heavy atom. The van der Waals surface area contributed by atoms with Gasteiger partial charge in [0.05, 0.1) is 11.6 Å². The molecule has 0 aliphatic carbocycles. The summed E-state index contributed by atoms with van der Waals surface area (Å²) in [5.41, 5.74) is 0.132. The van der Waals surface area contributed by atoms with E-state index >= 15 is 0 Å². The number of hydrogen-bond donors (Lipinski definition) is 0. The van der Waals surface area contributed by atoms with E-state index < -0.39 is 5.41 Å². The number of benzene rings is 2.